The van der Waals surface area contributed by atoms with Crippen molar-refractivity contribution in [2.45, 2.75) is 89.6 Å². The molecule has 0 saturated heterocycles. The standard InChI is InChI=1S/C30H37Cl2N3O/c1-2-27(36)34-25-16-24(31)28(20-12-14-21(33)15-13-20)30(32)29(25)23-18-35(17-19-8-4-3-5-9-19)26-11-7-6-10-22(23)26/h6-7,10-11,16,18-21H,2-5,8-9,12-15,17,33H2,1H3,(H,34,36). The van der Waals surface area contributed by atoms with Gasteiger partial charge in [0.25, 0.3) is 0 Å². The molecule has 1 aromatic heterocycles. The Kier molecular flexibility index (Phi) is 7.95. The van der Waals surface area contributed by atoms with Gasteiger partial charge in [-0.05, 0) is 68.1 Å². The van der Waals surface area contributed by atoms with Crippen LogP contribution >= 0.6 is 23.2 Å². The molecule has 192 valence electrons. The lowest BCUT2D eigenvalue weighted by molar-refractivity contribution is -0.115. The summed E-state index contributed by atoms with van der Waals surface area (Å²) in [7, 11) is 0. The van der Waals surface area contributed by atoms with Gasteiger partial charge in [0.15, 0.2) is 0 Å². The van der Waals surface area contributed by atoms with Crippen molar-refractivity contribution in [3.63, 3.8) is 0 Å². The summed E-state index contributed by atoms with van der Waals surface area (Å²) in [6, 6.07) is 10.7. The molecule has 2 aliphatic rings. The van der Waals surface area contributed by atoms with Crippen LogP contribution in [0.5, 0.6) is 0 Å². The number of anilines is 1. The molecule has 0 unspecified atom stereocenters. The Morgan fingerprint density at radius 1 is 1.06 bits per heavy atom. The molecule has 3 aromatic rings. The topological polar surface area (TPSA) is 60.1 Å². The van der Waals surface area contributed by atoms with Crippen molar-refractivity contribution < 1.29 is 4.79 Å². The quantitative estimate of drug-likeness (QED) is 0.338. The molecule has 6 heteroatoms. The maximum Gasteiger partial charge on any atom is 0.224 e. The minimum Gasteiger partial charge on any atom is -0.347 e. The van der Waals surface area contributed by atoms with Crippen LogP contribution in [0.3, 0.4) is 0 Å². The predicted octanol–water partition coefficient (Wildman–Crippen LogP) is 8.53. The fourth-order valence-electron chi connectivity index (χ4n) is 6.26. The molecule has 0 radical (unpaired) electrons. The third-order valence-corrected chi connectivity index (χ3v) is 8.97. The molecule has 2 saturated carbocycles. The zero-order valence-electron chi connectivity index (χ0n) is 21.2. The molecule has 0 aliphatic heterocycles. The highest BCUT2D eigenvalue weighted by Gasteiger charge is 2.29. The van der Waals surface area contributed by atoms with Gasteiger partial charge in [-0.25, -0.2) is 0 Å². The van der Waals surface area contributed by atoms with E-state index in [0.717, 1.165) is 54.3 Å². The van der Waals surface area contributed by atoms with Crippen LogP contribution in [0.15, 0.2) is 36.5 Å². The molecule has 2 fully saturated rings. The third kappa shape index (κ3) is 5.18. The van der Waals surface area contributed by atoms with Crippen LogP contribution in [0.25, 0.3) is 22.0 Å². The van der Waals surface area contributed by atoms with Gasteiger partial charge in [-0.1, -0.05) is 67.6 Å². The Labute approximate surface area is 224 Å². The summed E-state index contributed by atoms with van der Waals surface area (Å²) in [6.07, 6.45) is 13.1. The highest BCUT2D eigenvalue weighted by atomic mass is 35.5. The average Bonchev–Trinajstić information content (AvgIpc) is 3.23. The third-order valence-electron chi connectivity index (χ3n) is 8.27. The molecule has 5 rings (SSSR count). The molecule has 0 atom stereocenters. The summed E-state index contributed by atoms with van der Waals surface area (Å²) >= 11 is 14.1. The number of fused-ring (bicyclic) bond motifs is 1. The molecule has 4 nitrogen and oxygen atoms in total. The highest BCUT2D eigenvalue weighted by molar-refractivity contribution is 6.39. The molecule has 2 aliphatic carbocycles. The summed E-state index contributed by atoms with van der Waals surface area (Å²) < 4.78 is 2.40. The first kappa shape index (κ1) is 25.6. The van der Waals surface area contributed by atoms with E-state index in [2.05, 4.69) is 40.3 Å². The molecular formula is C30H37Cl2N3O. The Morgan fingerprint density at radius 2 is 1.78 bits per heavy atom. The number of nitrogens with zero attached hydrogens (tertiary/aromatic N) is 1. The van der Waals surface area contributed by atoms with Gasteiger partial charge in [0.2, 0.25) is 5.91 Å². The van der Waals surface area contributed by atoms with E-state index in [1.165, 1.54) is 37.6 Å². The number of hydrogen-bond acceptors (Lipinski definition) is 2. The second-order valence-corrected chi connectivity index (χ2v) is 11.5. The number of nitrogens with one attached hydrogen (secondary N) is 1. The maximum atomic E-state index is 12.5. The molecule has 36 heavy (non-hydrogen) atoms. The lowest BCUT2D eigenvalue weighted by Gasteiger charge is -2.29. The van der Waals surface area contributed by atoms with Gasteiger partial charge in [0.1, 0.15) is 0 Å². The molecule has 0 bridgehead atoms. The molecule has 3 N–H and O–H groups in total. The number of halogens is 2. The number of benzene rings is 2. The Bertz CT molecular complexity index is 1240. The smallest absolute Gasteiger partial charge is 0.224 e. The fraction of sp³-hybridized carbons (Fsp3) is 0.500. The van der Waals surface area contributed by atoms with Crippen LogP contribution in [0.4, 0.5) is 5.69 Å². The summed E-state index contributed by atoms with van der Waals surface area (Å²) in [4.78, 5) is 12.5. The minimum atomic E-state index is -0.0503. The molecule has 1 heterocycles. The summed E-state index contributed by atoms with van der Waals surface area (Å²) in [6.45, 7) is 2.86. The monoisotopic (exact) mass is 525 g/mol. The van der Waals surface area contributed by atoms with E-state index in [-0.39, 0.29) is 17.9 Å². The van der Waals surface area contributed by atoms with E-state index in [1.54, 1.807) is 0 Å². The summed E-state index contributed by atoms with van der Waals surface area (Å²) in [5.41, 5.74) is 11.0. The van der Waals surface area contributed by atoms with Crippen LogP contribution < -0.4 is 11.1 Å². The number of amides is 1. The van der Waals surface area contributed by atoms with Crippen LogP contribution in [0.1, 0.15) is 82.6 Å². The second-order valence-electron chi connectivity index (χ2n) is 10.7. The largest absolute Gasteiger partial charge is 0.347 e. The van der Waals surface area contributed by atoms with Crippen molar-refractivity contribution in [3.8, 4) is 11.1 Å². The number of rotatable bonds is 6. The number of hydrogen-bond donors (Lipinski definition) is 2. The van der Waals surface area contributed by atoms with Gasteiger partial charge >= 0.3 is 0 Å². The Morgan fingerprint density at radius 3 is 2.50 bits per heavy atom. The number of nitrogens with two attached hydrogens (primary N) is 1. The maximum absolute atomic E-state index is 12.5. The van der Waals surface area contributed by atoms with Gasteiger partial charge < -0.3 is 15.6 Å². The van der Waals surface area contributed by atoms with Gasteiger partial charge in [-0.2, -0.15) is 0 Å². The lowest BCUT2D eigenvalue weighted by Crippen LogP contribution is -2.26. The van der Waals surface area contributed by atoms with Gasteiger partial charge in [-0.3, -0.25) is 4.79 Å². The molecular weight excluding hydrogens is 489 g/mol. The number of para-hydroxylation sites is 1. The average molecular weight is 527 g/mol. The predicted molar refractivity (Wildman–Crippen MR) is 152 cm³/mol. The normalized spacial score (nSPS) is 21.1. The second kappa shape index (κ2) is 11.2. The first-order valence-corrected chi connectivity index (χ1v) is 14.4. The van der Waals surface area contributed by atoms with E-state index in [4.69, 9.17) is 28.9 Å². The molecule has 0 spiro atoms. The van der Waals surface area contributed by atoms with E-state index >= 15 is 0 Å². The van der Waals surface area contributed by atoms with Crippen LogP contribution in [-0.2, 0) is 11.3 Å². The van der Waals surface area contributed by atoms with Crippen LogP contribution in [0, 0.1) is 5.92 Å². The zero-order valence-corrected chi connectivity index (χ0v) is 22.7. The van der Waals surface area contributed by atoms with E-state index in [9.17, 15) is 4.79 Å². The highest BCUT2D eigenvalue weighted by Crippen LogP contribution is 2.49. The van der Waals surface area contributed by atoms with Gasteiger partial charge in [0, 0.05) is 52.3 Å². The zero-order chi connectivity index (χ0) is 25.2. The molecule has 2 aromatic carbocycles. The van der Waals surface area contributed by atoms with Crippen LogP contribution in [-0.4, -0.2) is 16.5 Å². The van der Waals surface area contributed by atoms with Crippen molar-refractivity contribution >= 4 is 45.7 Å². The van der Waals surface area contributed by atoms with Crippen molar-refractivity contribution in [2.75, 3.05) is 5.32 Å². The lowest BCUT2D eigenvalue weighted by atomic mass is 9.81. The molecule has 1 amide bonds. The van der Waals surface area contributed by atoms with E-state index in [0.29, 0.717) is 28.1 Å². The Balaban J connectivity index is 1.65. The van der Waals surface area contributed by atoms with Gasteiger partial charge in [0.05, 0.1) is 10.7 Å². The van der Waals surface area contributed by atoms with Crippen molar-refractivity contribution in [3.05, 3.63) is 52.1 Å². The van der Waals surface area contributed by atoms with Crippen LogP contribution in [0.2, 0.25) is 10.0 Å². The number of aromatic nitrogens is 1. The number of carbonyl (C=O) groups excluding carboxylic acids is 1. The van der Waals surface area contributed by atoms with Crippen molar-refractivity contribution in [2.24, 2.45) is 11.7 Å². The van der Waals surface area contributed by atoms with Gasteiger partial charge in [-0.15, -0.1) is 0 Å². The van der Waals surface area contributed by atoms with E-state index < -0.39 is 0 Å². The van der Waals surface area contributed by atoms with Crippen molar-refractivity contribution in [1.29, 1.82) is 0 Å². The fourth-order valence-corrected chi connectivity index (χ4v) is 7.13. The van der Waals surface area contributed by atoms with E-state index in [1.807, 2.05) is 13.0 Å². The minimum absolute atomic E-state index is 0.0503. The summed E-state index contributed by atoms with van der Waals surface area (Å²) in [5, 5.41) is 5.54. The van der Waals surface area contributed by atoms with Crippen molar-refractivity contribution in [1.82, 2.24) is 4.57 Å². The first-order valence-electron chi connectivity index (χ1n) is 13.6. The Hall–Kier alpha value is -2.01. The first-order chi connectivity index (χ1) is 17.5. The summed E-state index contributed by atoms with van der Waals surface area (Å²) in [5.74, 6) is 0.921. The number of carbonyl (C=O) groups is 1. The SMILES string of the molecule is CCC(=O)Nc1cc(Cl)c(C2CCC(N)CC2)c(Cl)c1-c1cn(CC2CCCCC2)c2ccccc12.